The maximum absolute atomic E-state index is 13.0. The quantitative estimate of drug-likeness (QED) is 0.379. The highest BCUT2D eigenvalue weighted by Crippen LogP contribution is 2.28. The minimum atomic E-state index is -0.473. The predicted octanol–water partition coefficient (Wildman–Crippen LogP) is 4.23. The molecule has 0 aliphatic heterocycles. The molecule has 152 valence electrons. The van der Waals surface area contributed by atoms with Crippen LogP contribution in [0, 0.1) is 17.0 Å². The number of ether oxygens (including phenoxy) is 1. The Morgan fingerprint density at radius 2 is 1.97 bits per heavy atom. The van der Waals surface area contributed by atoms with Gasteiger partial charge in [0.1, 0.15) is 11.4 Å². The van der Waals surface area contributed by atoms with Crippen molar-refractivity contribution in [1.82, 2.24) is 9.78 Å². The number of carbonyl (C=O) groups is 1. The molecule has 1 N–H and O–H groups in total. The molecule has 1 amide bonds. The number of aromatic nitrogens is 2. The van der Waals surface area contributed by atoms with E-state index in [0.29, 0.717) is 28.3 Å². The summed E-state index contributed by atoms with van der Waals surface area (Å²) in [5.74, 6) is 0.128. The monoisotopic (exact) mass is 406 g/mol. The van der Waals surface area contributed by atoms with Crippen LogP contribution in [0.15, 0.2) is 59.0 Å². The molecule has 2 heterocycles. The van der Waals surface area contributed by atoms with E-state index in [0.717, 1.165) is 5.39 Å². The maximum atomic E-state index is 13.0. The lowest BCUT2D eigenvalue weighted by Crippen LogP contribution is -2.16. The highest BCUT2D eigenvalue weighted by atomic mass is 16.6. The zero-order valence-corrected chi connectivity index (χ0v) is 16.3. The standard InChI is InChI=1S/C21H18N4O5/c1-13-11-19(24(23-13)14-7-9-15(10-8-14)25(27)28)22-21(26)20-17(12-29-2)16-5-3-4-6-18(16)30-20/h3-11H,12H2,1-2H3,(H,22,26). The number of non-ortho nitro benzene ring substituents is 1. The topological polar surface area (TPSA) is 112 Å². The van der Waals surface area contributed by atoms with E-state index in [1.165, 1.54) is 16.8 Å². The van der Waals surface area contributed by atoms with Gasteiger partial charge in [-0.25, -0.2) is 4.68 Å². The van der Waals surface area contributed by atoms with Crippen LogP contribution in [-0.4, -0.2) is 27.7 Å². The van der Waals surface area contributed by atoms with Gasteiger partial charge in [0.05, 0.1) is 22.9 Å². The number of carbonyl (C=O) groups excluding carboxylic acids is 1. The number of hydrogen-bond acceptors (Lipinski definition) is 6. The molecule has 2 aromatic carbocycles. The second kappa shape index (κ2) is 7.80. The van der Waals surface area contributed by atoms with Gasteiger partial charge in [-0.2, -0.15) is 5.10 Å². The molecule has 4 aromatic rings. The zero-order valence-electron chi connectivity index (χ0n) is 16.3. The summed E-state index contributed by atoms with van der Waals surface area (Å²) in [6.07, 6.45) is 0. The average Bonchev–Trinajstić information content (AvgIpc) is 3.29. The number of anilines is 1. The van der Waals surface area contributed by atoms with Crippen molar-refractivity contribution >= 4 is 28.4 Å². The van der Waals surface area contributed by atoms with Crippen molar-refractivity contribution in [2.24, 2.45) is 0 Å². The summed E-state index contributed by atoms with van der Waals surface area (Å²) in [7, 11) is 1.55. The molecule has 0 radical (unpaired) electrons. The van der Waals surface area contributed by atoms with Crippen LogP contribution < -0.4 is 5.32 Å². The number of amides is 1. The molecular formula is C21H18N4O5. The zero-order chi connectivity index (χ0) is 21.3. The SMILES string of the molecule is COCc1c(C(=O)Nc2cc(C)nn2-c2ccc([N+](=O)[O-])cc2)oc2ccccc12. The van der Waals surface area contributed by atoms with Gasteiger partial charge >= 0.3 is 0 Å². The van der Waals surface area contributed by atoms with Gasteiger partial charge in [0.25, 0.3) is 11.6 Å². The summed E-state index contributed by atoms with van der Waals surface area (Å²) in [6, 6.07) is 15.0. The van der Waals surface area contributed by atoms with Crippen molar-refractivity contribution in [3.63, 3.8) is 0 Å². The van der Waals surface area contributed by atoms with Crippen molar-refractivity contribution in [2.75, 3.05) is 12.4 Å². The fraction of sp³-hybridized carbons (Fsp3) is 0.143. The lowest BCUT2D eigenvalue weighted by Gasteiger charge is -2.09. The summed E-state index contributed by atoms with van der Waals surface area (Å²) in [5, 5.41) is 18.9. The number of nitro benzene ring substituents is 1. The third-order valence-electron chi connectivity index (χ3n) is 4.57. The van der Waals surface area contributed by atoms with Gasteiger partial charge < -0.3 is 14.5 Å². The van der Waals surface area contributed by atoms with Crippen LogP contribution >= 0.6 is 0 Å². The molecule has 0 bridgehead atoms. The number of aryl methyl sites for hydroxylation is 1. The van der Waals surface area contributed by atoms with E-state index in [4.69, 9.17) is 9.15 Å². The van der Waals surface area contributed by atoms with Gasteiger partial charge in [-0.1, -0.05) is 18.2 Å². The molecule has 0 aliphatic rings. The second-order valence-electron chi connectivity index (χ2n) is 6.65. The molecule has 0 atom stereocenters. The van der Waals surface area contributed by atoms with E-state index < -0.39 is 10.8 Å². The Bertz CT molecular complexity index is 1240. The summed E-state index contributed by atoms with van der Waals surface area (Å²) >= 11 is 0. The van der Waals surface area contributed by atoms with Gasteiger partial charge in [-0.05, 0) is 25.1 Å². The third-order valence-corrected chi connectivity index (χ3v) is 4.57. The first-order valence-corrected chi connectivity index (χ1v) is 9.10. The van der Waals surface area contributed by atoms with Gasteiger partial charge in [0.15, 0.2) is 5.76 Å². The fourth-order valence-corrected chi connectivity index (χ4v) is 3.24. The van der Waals surface area contributed by atoms with Gasteiger partial charge in [-0.3, -0.25) is 14.9 Å². The van der Waals surface area contributed by atoms with Gasteiger partial charge in [0, 0.05) is 36.3 Å². The average molecular weight is 406 g/mol. The molecule has 0 aliphatic carbocycles. The number of methoxy groups -OCH3 is 1. The highest BCUT2D eigenvalue weighted by molar-refractivity contribution is 6.06. The molecule has 0 fully saturated rings. The molecule has 0 saturated heterocycles. The number of benzene rings is 2. The largest absolute Gasteiger partial charge is 0.451 e. The van der Waals surface area contributed by atoms with E-state index in [-0.39, 0.29) is 18.1 Å². The van der Waals surface area contributed by atoms with Crippen LogP contribution in [0.25, 0.3) is 16.7 Å². The van der Waals surface area contributed by atoms with E-state index in [2.05, 4.69) is 10.4 Å². The number of fused-ring (bicyclic) bond motifs is 1. The predicted molar refractivity (Wildman–Crippen MR) is 110 cm³/mol. The summed E-state index contributed by atoms with van der Waals surface area (Å²) < 4.78 is 12.5. The molecule has 9 nitrogen and oxygen atoms in total. The summed E-state index contributed by atoms with van der Waals surface area (Å²) in [4.78, 5) is 23.4. The van der Waals surface area contributed by atoms with E-state index in [1.54, 1.807) is 38.3 Å². The fourth-order valence-electron chi connectivity index (χ4n) is 3.24. The smallest absolute Gasteiger partial charge is 0.292 e. The number of nitro groups is 1. The Morgan fingerprint density at radius 3 is 2.67 bits per heavy atom. The van der Waals surface area contributed by atoms with Crippen molar-refractivity contribution in [1.29, 1.82) is 0 Å². The van der Waals surface area contributed by atoms with Crippen LogP contribution in [0.1, 0.15) is 21.8 Å². The molecule has 4 rings (SSSR count). The first-order valence-electron chi connectivity index (χ1n) is 9.10. The normalized spacial score (nSPS) is 11.0. The van der Waals surface area contributed by atoms with Crippen LogP contribution in [0.4, 0.5) is 11.5 Å². The van der Waals surface area contributed by atoms with E-state index >= 15 is 0 Å². The van der Waals surface area contributed by atoms with Crippen molar-refractivity contribution < 1.29 is 18.9 Å². The number of furan rings is 1. The van der Waals surface area contributed by atoms with E-state index in [9.17, 15) is 14.9 Å². The molecule has 0 unspecified atom stereocenters. The number of para-hydroxylation sites is 1. The molecule has 2 aromatic heterocycles. The van der Waals surface area contributed by atoms with Crippen LogP contribution in [0.5, 0.6) is 0 Å². The first-order chi connectivity index (χ1) is 14.5. The van der Waals surface area contributed by atoms with Crippen LogP contribution in [0.3, 0.4) is 0 Å². The maximum Gasteiger partial charge on any atom is 0.292 e. The number of nitrogens with zero attached hydrogens (tertiary/aromatic N) is 3. The Labute approximate surface area is 171 Å². The van der Waals surface area contributed by atoms with Crippen molar-refractivity contribution in [3.8, 4) is 5.69 Å². The molecule has 30 heavy (non-hydrogen) atoms. The number of nitrogens with one attached hydrogen (secondary N) is 1. The second-order valence-corrected chi connectivity index (χ2v) is 6.65. The Hall–Kier alpha value is -3.98. The highest BCUT2D eigenvalue weighted by Gasteiger charge is 2.22. The number of hydrogen-bond donors (Lipinski definition) is 1. The summed E-state index contributed by atoms with van der Waals surface area (Å²) in [5.41, 5.74) is 2.47. The van der Waals surface area contributed by atoms with Crippen LogP contribution in [-0.2, 0) is 11.3 Å². The molecular weight excluding hydrogens is 388 g/mol. The minimum absolute atomic E-state index is 0.0281. The van der Waals surface area contributed by atoms with Crippen molar-refractivity contribution in [3.05, 3.63) is 81.7 Å². The minimum Gasteiger partial charge on any atom is -0.451 e. The Morgan fingerprint density at radius 1 is 1.23 bits per heavy atom. The lowest BCUT2D eigenvalue weighted by molar-refractivity contribution is -0.384. The Balaban J connectivity index is 1.69. The van der Waals surface area contributed by atoms with Crippen LogP contribution in [0.2, 0.25) is 0 Å². The third kappa shape index (κ3) is 3.53. The van der Waals surface area contributed by atoms with Gasteiger partial charge in [0.2, 0.25) is 0 Å². The molecule has 9 heteroatoms. The van der Waals surface area contributed by atoms with Gasteiger partial charge in [-0.15, -0.1) is 0 Å². The Kier molecular flexibility index (Phi) is 5.03. The molecule has 0 saturated carbocycles. The summed E-state index contributed by atoms with van der Waals surface area (Å²) in [6.45, 7) is 2.01. The lowest BCUT2D eigenvalue weighted by atomic mass is 10.1. The van der Waals surface area contributed by atoms with E-state index in [1.807, 2.05) is 18.2 Å². The first kappa shape index (κ1) is 19.3. The van der Waals surface area contributed by atoms with Crippen molar-refractivity contribution in [2.45, 2.75) is 13.5 Å². The number of rotatable bonds is 6. The molecule has 0 spiro atoms.